The summed E-state index contributed by atoms with van der Waals surface area (Å²) in [5.74, 6) is 0.595. The molecule has 1 N–H and O–H groups in total. The number of imidazole rings is 1. The molecule has 156 valence electrons. The zero-order valence-electron chi connectivity index (χ0n) is 17.2. The zero-order chi connectivity index (χ0) is 20.7. The normalized spacial score (nSPS) is 15.6. The smallest absolute Gasteiger partial charge is 0.327 e. The van der Waals surface area contributed by atoms with E-state index in [4.69, 9.17) is 14.7 Å². The van der Waals surface area contributed by atoms with E-state index in [0.717, 1.165) is 41.7 Å². The summed E-state index contributed by atoms with van der Waals surface area (Å²) in [7, 11) is 4.06. The number of ether oxygens (including phenoxy) is 1. The van der Waals surface area contributed by atoms with Gasteiger partial charge in [0.05, 0.1) is 23.0 Å². The van der Waals surface area contributed by atoms with Gasteiger partial charge in [-0.25, -0.2) is 19.3 Å². The van der Waals surface area contributed by atoms with Crippen molar-refractivity contribution in [2.75, 3.05) is 33.9 Å². The number of H-pyrrole nitrogens is 1. The van der Waals surface area contributed by atoms with Crippen LogP contribution in [0.5, 0.6) is 0 Å². The molecular weight excluding hydrogens is 382 g/mol. The van der Waals surface area contributed by atoms with Crippen molar-refractivity contribution in [3.63, 3.8) is 0 Å². The van der Waals surface area contributed by atoms with Gasteiger partial charge in [0.15, 0.2) is 11.5 Å². The molecule has 4 aromatic rings. The summed E-state index contributed by atoms with van der Waals surface area (Å²) in [6, 6.07) is 5.98. The Morgan fingerprint density at radius 2 is 2.07 bits per heavy atom. The van der Waals surface area contributed by atoms with Gasteiger partial charge < -0.3 is 14.6 Å². The average Bonchev–Trinajstić information content (AvgIpc) is 3.33. The largest absolute Gasteiger partial charge is 0.381 e. The van der Waals surface area contributed by atoms with Crippen LogP contribution < -0.4 is 5.69 Å². The lowest BCUT2D eigenvalue weighted by molar-refractivity contribution is 0.0697. The third-order valence-electron chi connectivity index (χ3n) is 5.66. The molecule has 1 saturated heterocycles. The lowest BCUT2D eigenvalue weighted by Crippen LogP contribution is -2.27. The van der Waals surface area contributed by atoms with Crippen molar-refractivity contribution in [3.05, 3.63) is 46.8 Å². The van der Waals surface area contributed by atoms with Crippen molar-refractivity contribution in [2.24, 2.45) is 0 Å². The summed E-state index contributed by atoms with van der Waals surface area (Å²) in [5, 5.41) is 4.43. The SMILES string of the molecule is CN(C)CCc1nc(-c2cnn3ccccc23)nc2c1[nH]c(=O)n2C1CCOCC1. The highest BCUT2D eigenvalue weighted by Crippen LogP contribution is 2.27. The molecule has 9 heteroatoms. The molecule has 0 aliphatic carbocycles. The van der Waals surface area contributed by atoms with Crippen LogP contribution in [0.25, 0.3) is 28.1 Å². The van der Waals surface area contributed by atoms with Gasteiger partial charge in [0, 0.05) is 38.4 Å². The summed E-state index contributed by atoms with van der Waals surface area (Å²) in [4.78, 5) is 27.8. The second kappa shape index (κ2) is 7.66. The number of pyridine rings is 1. The molecule has 0 aromatic carbocycles. The molecule has 4 aromatic heterocycles. The number of nitrogens with one attached hydrogen (secondary N) is 1. The van der Waals surface area contributed by atoms with E-state index in [-0.39, 0.29) is 11.7 Å². The van der Waals surface area contributed by atoms with Crippen LogP contribution in [0, 0.1) is 0 Å². The van der Waals surface area contributed by atoms with Crippen LogP contribution in [0.15, 0.2) is 35.4 Å². The maximum atomic E-state index is 12.9. The van der Waals surface area contributed by atoms with Gasteiger partial charge in [-0.1, -0.05) is 6.07 Å². The zero-order valence-corrected chi connectivity index (χ0v) is 17.2. The highest BCUT2D eigenvalue weighted by Gasteiger charge is 2.24. The van der Waals surface area contributed by atoms with Crippen molar-refractivity contribution in [2.45, 2.75) is 25.3 Å². The molecule has 1 fully saturated rings. The number of likely N-dealkylation sites (N-methyl/N-ethyl adjacent to an activating group) is 1. The molecular formula is C21H25N7O2. The van der Waals surface area contributed by atoms with Crippen molar-refractivity contribution in [1.29, 1.82) is 0 Å². The van der Waals surface area contributed by atoms with Gasteiger partial charge in [0.2, 0.25) is 0 Å². The summed E-state index contributed by atoms with van der Waals surface area (Å²) < 4.78 is 9.10. The fourth-order valence-electron chi connectivity index (χ4n) is 4.08. The van der Waals surface area contributed by atoms with Gasteiger partial charge >= 0.3 is 5.69 Å². The second-order valence-corrected chi connectivity index (χ2v) is 7.98. The molecule has 9 nitrogen and oxygen atoms in total. The van der Waals surface area contributed by atoms with E-state index < -0.39 is 0 Å². The molecule has 0 saturated carbocycles. The van der Waals surface area contributed by atoms with Crippen LogP contribution >= 0.6 is 0 Å². The molecule has 0 atom stereocenters. The Morgan fingerprint density at radius 3 is 2.87 bits per heavy atom. The van der Waals surface area contributed by atoms with E-state index in [1.54, 1.807) is 10.8 Å². The minimum absolute atomic E-state index is 0.0772. The molecule has 30 heavy (non-hydrogen) atoms. The Bertz CT molecular complexity index is 1250. The Kier molecular flexibility index (Phi) is 4.84. The number of fused-ring (bicyclic) bond motifs is 2. The van der Waals surface area contributed by atoms with Crippen molar-refractivity contribution in [1.82, 2.24) is 34.0 Å². The lowest BCUT2D eigenvalue weighted by atomic mass is 10.1. The third-order valence-corrected chi connectivity index (χ3v) is 5.66. The van der Waals surface area contributed by atoms with E-state index in [1.807, 2.05) is 43.0 Å². The fraction of sp³-hybridized carbons (Fsp3) is 0.429. The van der Waals surface area contributed by atoms with Crippen LogP contribution in [0.4, 0.5) is 0 Å². The molecule has 0 amide bonds. The molecule has 0 unspecified atom stereocenters. The molecule has 1 aliphatic heterocycles. The molecule has 1 aliphatic rings. The summed E-state index contributed by atoms with van der Waals surface area (Å²) in [6.45, 7) is 2.14. The van der Waals surface area contributed by atoms with Crippen LogP contribution in [0.3, 0.4) is 0 Å². The number of hydrogen-bond donors (Lipinski definition) is 1. The highest BCUT2D eigenvalue weighted by molar-refractivity contribution is 5.81. The first-order valence-corrected chi connectivity index (χ1v) is 10.3. The minimum Gasteiger partial charge on any atom is -0.381 e. The van der Waals surface area contributed by atoms with Gasteiger partial charge in [0.1, 0.15) is 5.52 Å². The first-order valence-electron chi connectivity index (χ1n) is 10.3. The second-order valence-electron chi connectivity index (χ2n) is 7.98. The predicted octanol–water partition coefficient (Wildman–Crippen LogP) is 1.89. The lowest BCUT2D eigenvalue weighted by Gasteiger charge is -2.23. The monoisotopic (exact) mass is 407 g/mol. The first-order chi connectivity index (χ1) is 14.6. The molecule has 0 radical (unpaired) electrons. The van der Waals surface area contributed by atoms with Gasteiger partial charge in [-0.2, -0.15) is 5.10 Å². The predicted molar refractivity (Wildman–Crippen MR) is 114 cm³/mol. The van der Waals surface area contributed by atoms with Gasteiger partial charge in [-0.15, -0.1) is 0 Å². The Labute approximate surface area is 173 Å². The Hall–Kier alpha value is -3.04. The molecule has 0 spiro atoms. The summed E-state index contributed by atoms with van der Waals surface area (Å²) in [6.07, 6.45) is 6.01. The van der Waals surface area contributed by atoms with Crippen LogP contribution in [0.2, 0.25) is 0 Å². The van der Waals surface area contributed by atoms with E-state index >= 15 is 0 Å². The van der Waals surface area contributed by atoms with Crippen molar-refractivity contribution in [3.8, 4) is 11.4 Å². The van der Waals surface area contributed by atoms with E-state index in [9.17, 15) is 4.79 Å². The van der Waals surface area contributed by atoms with Crippen molar-refractivity contribution < 1.29 is 4.74 Å². The summed E-state index contributed by atoms with van der Waals surface area (Å²) in [5.41, 5.74) is 3.91. The standard InChI is InChI=1S/C21H25N7O2/c1-26(2)10-6-16-18-20(28(21(29)24-18)14-7-11-30-12-8-14)25-19(23-16)15-13-22-27-9-4-3-5-17(15)27/h3-5,9,13-14H,6-8,10-12H2,1-2H3,(H,24,29). The van der Waals surface area contributed by atoms with Crippen molar-refractivity contribution >= 4 is 16.7 Å². The van der Waals surface area contributed by atoms with Crippen LogP contribution in [-0.2, 0) is 11.2 Å². The Balaban J connectivity index is 1.71. The van der Waals surface area contributed by atoms with E-state index in [0.29, 0.717) is 31.1 Å². The maximum absolute atomic E-state index is 12.9. The van der Waals surface area contributed by atoms with Crippen LogP contribution in [0.1, 0.15) is 24.6 Å². The first kappa shape index (κ1) is 19.0. The fourth-order valence-corrected chi connectivity index (χ4v) is 4.08. The van der Waals surface area contributed by atoms with Gasteiger partial charge in [-0.05, 0) is 39.1 Å². The number of aromatic nitrogens is 6. The third kappa shape index (κ3) is 3.29. The molecule has 5 rings (SSSR count). The highest BCUT2D eigenvalue weighted by atomic mass is 16.5. The van der Waals surface area contributed by atoms with Gasteiger partial charge in [0.25, 0.3) is 0 Å². The maximum Gasteiger partial charge on any atom is 0.327 e. The number of hydrogen-bond acceptors (Lipinski definition) is 6. The molecule has 0 bridgehead atoms. The number of nitrogens with zero attached hydrogens (tertiary/aromatic N) is 6. The van der Waals surface area contributed by atoms with Crippen LogP contribution in [-0.4, -0.2) is 67.9 Å². The quantitative estimate of drug-likeness (QED) is 0.543. The topological polar surface area (TPSA) is 93.3 Å². The average molecular weight is 407 g/mol. The van der Waals surface area contributed by atoms with Gasteiger partial charge in [-0.3, -0.25) is 4.57 Å². The van der Waals surface area contributed by atoms with E-state index in [1.165, 1.54) is 0 Å². The molecule has 5 heterocycles. The summed E-state index contributed by atoms with van der Waals surface area (Å²) >= 11 is 0. The van der Waals surface area contributed by atoms with E-state index in [2.05, 4.69) is 15.0 Å². The Morgan fingerprint density at radius 1 is 1.23 bits per heavy atom. The minimum atomic E-state index is -0.130. The number of rotatable bonds is 5. The number of aromatic amines is 1.